The van der Waals surface area contributed by atoms with Crippen molar-refractivity contribution in [3.8, 4) is 5.75 Å². The molecule has 0 aromatic heterocycles. The summed E-state index contributed by atoms with van der Waals surface area (Å²) in [7, 11) is -1.64. The normalized spacial score (nSPS) is 23.8. The third kappa shape index (κ3) is 3.24. The molecule has 2 unspecified atom stereocenters. The first-order valence-corrected chi connectivity index (χ1v) is 6.38. The number of hydrogen-bond acceptors (Lipinski definition) is 3. The van der Waals surface area contributed by atoms with Crippen molar-refractivity contribution in [1.29, 1.82) is 0 Å². The number of hydrogen-bond donors (Lipinski definition) is 2. The van der Waals surface area contributed by atoms with E-state index in [-0.39, 0.29) is 17.3 Å². The Kier molecular flexibility index (Phi) is 4.25. The van der Waals surface area contributed by atoms with E-state index in [1.54, 1.807) is 0 Å². The Morgan fingerprint density at radius 1 is 1.33 bits per heavy atom. The average molecular weight is 252 g/mol. The first-order valence-electron chi connectivity index (χ1n) is 6.38. The molecule has 1 saturated carbocycles. The van der Waals surface area contributed by atoms with Crippen LogP contribution in [0.25, 0.3) is 0 Å². The fourth-order valence-electron chi connectivity index (χ4n) is 2.49. The van der Waals surface area contributed by atoms with Gasteiger partial charge in [-0.2, -0.15) is 0 Å². The van der Waals surface area contributed by atoms with Crippen LogP contribution in [0.2, 0.25) is 0 Å². The van der Waals surface area contributed by atoms with Crippen molar-refractivity contribution in [3.63, 3.8) is 0 Å². The summed E-state index contributed by atoms with van der Waals surface area (Å²) in [6.07, 6.45) is 4.18. The Balaban J connectivity index is 2.14. The fraction of sp³-hybridized carbons (Fsp3) is 0.538. The molecule has 0 bridgehead atoms. The first kappa shape index (κ1) is 13.4. The third-order valence-electron chi connectivity index (χ3n) is 3.44. The maximum absolute atomic E-state index is 13.2. The molecule has 18 heavy (non-hydrogen) atoms. The van der Waals surface area contributed by atoms with Crippen LogP contribution in [0.15, 0.2) is 18.2 Å². The van der Waals surface area contributed by atoms with Crippen molar-refractivity contribution in [2.75, 3.05) is 0 Å². The van der Waals surface area contributed by atoms with E-state index in [9.17, 15) is 14.4 Å². The minimum absolute atomic E-state index is 0.0352. The molecule has 2 N–H and O–H groups in total. The number of halogens is 1. The minimum atomic E-state index is -1.64. The van der Waals surface area contributed by atoms with Gasteiger partial charge in [-0.05, 0) is 31.2 Å². The maximum atomic E-state index is 13.2. The molecule has 0 aliphatic heterocycles. The summed E-state index contributed by atoms with van der Waals surface area (Å²) in [5.41, 5.74) is 0.217. The van der Waals surface area contributed by atoms with Crippen LogP contribution in [-0.4, -0.2) is 23.3 Å². The quantitative estimate of drug-likeness (QED) is 0.801. The molecule has 0 amide bonds. The summed E-state index contributed by atoms with van der Waals surface area (Å²) in [5.74, 6) is 0.405. The summed E-state index contributed by atoms with van der Waals surface area (Å²) in [6.45, 7) is 2.17. The molecule has 1 aromatic carbocycles. The molecular formula is C13H18BFO3. The maximum Gasteiger partial charge on any atom is 0.492 e. The van der Waals surface area contributed by atoms with Gasteiger partial charge in [0.2, 0.25) is 0 Å². The molecule has 2 rings (SSSR count). The summed E-state index contributed by atoms with van der Waals surface area (Å²) >= 11 is 0. The second-order valence-corrected chi connectivity index (χ2v) is 5.07. The van der Waals surface area contributed by atoms with Crippen molar-refractivity contribution >= 4 is 12.6 Å². The Morgan fingerprint density at radius 3 is 2.78 bits per heavy atom. The fourth-order valence-corrected chi connectivity index (χ4v) is 2.49. The van der Waals surface area contributed by atoms with Gasteiger partial charge >= 0.3 is 7.12 Å². The lowest BCUT2D eigenvalue weighted by Gasteiger charge is -2.28. The van der Waals surface area contributed by atoms with E-state index in [2.05, 4.69) is 6.92 Å². The van der Waals surface area contributed by atoms with Crippen LogP contribution >= 0.6 is 0 Å². The third-order valence-corrected chi connectivity index (χ3v) is 3.44. The van der Waals surface area contributed by atoms with Gasteiger partial charge in [-0.15, -0.1) is 0 Å². The SMILES string of the molecule is CC1CCCC(Oc2cc(F)ccc2B(O)O)C1. The number of ether oxygens (including phenoxy) is 1. The molecule has 1 aliphatic carbocycles. The van der Waals surface area contributed by atoms with Crippen LogP contribution in [0.1, 0.15) is 32.6 Å². The van der Waals surface area contributed by atoms with Gasteiger partial charge in [0.05, 0.1) is 6.10 Å². The van der Waals surface area contributed by atoms with E-state index in [4.69, 9.17) is 4.74 Å². The Bertz CT molecular complexity index is 411. The lowest BCUT2D eigenvalue weighted by Crippen LogP contribution is -2.34. The molecule has 1 aliphatic rings. The molecule has 0 heterocycles. The van der Waals surface area contributed by atoms with Crippen LogP contribution in [0.4, 0.5) is 4.39 Å². The average Bonchev–Trinajstić information content (AvgIpc) is 2.28. The predicted molar refractivity (Wildman–Crippen MR) is 68.3 cm³/mol. The van der Waals surface area contributed by atoms with Crippen LogP contribution in [0, 0.1) is 11.7 Å². The molecule has 98 valence electrons. The lowest BCUT2D eigenvalue weighted by molar-refractivity contribution is 0.129. The first-order chi connectivity index (χ1) is 8.56. The standard InChI is InChI=1S/C13H18BFO3/c1-9-3-2-4-11(7-9)18-13-8-10(15)5-6-12(13)14(16)17/h5-6,8-9,11,16-17H,2-4,7H2,1H3. The molecule has 1 aromatic rings. The smallest absolute Gasteiger partial charge is 0.491 e. The van der Waals surface area contributed by atoms with Gasteiger partial charge in [0.25, 0.3) is 0 Å². The molecule has 1 fully saturated rings. The minimum Gasteiger partial charge on any atom is -0.491 e. The number of rotatable bonds is 3. The highest BCUT2D eigenvalue weighted by atomic mass is 19.1. The highest BCUT2D eigenvalue weighted by molar-refractivity contribution is 6.59. The Labute approximate surface area is 107 Å². The van der Waals surface area contributed by atoms with Gasteiger partial charge < -0.3 is 14.8 Å². The predicted octanol–water partition coefficient (Wildman–Crippen LogP) is 1.46. The molecule has 0 spiro atoms. The Hall–Kier alpha value is -1.07. The second-order valence-electron chi connectivity index (χ2n) is 5.07. The van der Waals surface area contributed by atoms with Gasteiger partial charge in [0.1, 0.15) is 11.6 Å². The topological polar surface area (TPSA) is 49.7 Å². The van der Waals surface area contributed by atoms with Crippen LogP contribution in [0.3, 0.4) is 0 Å². The highest BCUT2D eigenvalue weighted by Gasteiger charge is 2.24. The van der Waals surface area contributed by atoms with Crippen molar-refractivity contribution in [2.45, 2.75) is 38.7 Å². The zero-order valence-corrected chi connectivity index (χ0v) is 10.5. The van der Waals surface area contributed by atoms with Gasteiger partial charge in [0, 0.05) is 11.5 Å². The highest BCUT2D eigenvalue weighted by Crippen LogP contribution is 2.27. The van der Waals surface area contributed by atoms with E-state index in [1.165, 1.54) is 24.6 Å². The Morgan fingerprint density at radius 2 is 2.11 bits per heavy atom. The van der Waals surface area contributed by atoms with E-state index >= 15 is 0 Å². The number of benzene rings is 1. The second kappa shape index (κ2) is 5.72. The molecule has 3 nitrogen and oxygen atoms in total. The van der Waals surface area contributed by atoms with E-state index in [0.717, 1.165) is 19.3 Å². The summed E-state index contributed by atoms with van der Waals surface area (Å²) in [4.78, 5) is 0. The largest absolute Gasteiger partial charge is 0.492 e. The van der Waals surface area contributed by atoms with Crippen molar-refractivity contribution in [2.24, 2.45) is 5.92 Å². The summed E-state index contributed by atoms with van der Waals surface area (Å²) in [6, 6.07) is 3.76. The van der Waals surface area contributed by atoms with E-state index in [1.807, 2.05) is 0 Å². The molecule has 0 radical (unpaired) electrons. The zero-order valence-electron chi connectivity index (χ0n) is 10.5. The zero-order chi connectivity index (χ0) is 13.1. The van der Waals surface area contributed by atoms with E-state index in [0.29, 0.717) is 5.92 Å². The molecule has 5 heteroatoms. The molecular weight excluding hydrogens is 234 g/mol. The van der Waals surface area contributed by atoms with Crippen molar-refractivity contribution in [3.05, 3.63) is 24.0 Å². The van der Waals surface area contributed by atoms with Crippen molar-refractivity contribution in [1.82, 2.24) is 0 Å². The van der Waals surface area contributed by atoms with Crippen molar-refractivity contribution < 1.29 is 19.2 Å². The van der Waals surface area contributed by atoms with Gasteiger partial charge in [-0.1, -0.05) is 19.4 Å². The van der Waals surface area contributed by atoms with Gasteiger partial charge in [-0.3, -0.25) is 0 Å². The summed E-state index contributed by atoms with van der Waals surface area (Å²) in [5, 5.41) is 18.5. The monoisotopic (exact) mass is 252 g/mol. The van der Waals surface area contributed by atoms with Gasteiger partial charge in [0.15, 0.2) is 0 Å². The van der Waals surface area contributed by atoms with Crippen LogP contribution in [0.5, 0.6) is 5.75 Å². The van der Waals surface area contributed by atoms with Crippen LogP contribution in [-0.2, 0) is 0 Å². The lowest BCUT2D eigenvalue weighted by atomic mass is 9.79. The van der Waals surface area contributed by atoms with Crippen LogP contribution < -0.4 is 10.2 Å². The molecule has 2 atom stereocenters. The molecule has 0 saturated heterocycles. The van der Waals surface area contributed by atoms with E-state index < -0.39 is 12.9 Å². The van der Waals surface area contributed by atoms with Gasteiger partial charge in [-0.25, -0.2) is 4.39 Å². The summed E-state index contributed by atoms with van der Waals surface area (Å²) < 4.78 is 18.9.